The van der Waals surface area contributed by atoms with E-state index < -0.39 is 20.2 Å². The molecular weight excluding hydrogens is 319 g/mol. The third-order valence-corrected chi connectivity index (χ3v) is 5.07. The summed E-state index contributed by atoms with van der Waals surface area (Å²) >= 11 is 0. The topological polar surface area (TPSA) is 66.6 Å². The highest BCUT2D eigenvalue weighted by Gasteiger charge is 2.47. The maximum atomic E-state index is 12.6. The van der Waals surface area contributed by atoms with Crippen molar-refractivity contribution in [3.05, 3.63) is 23.8 Å². The molecule has 2 N–H and O–H groups in total. The van der Waals surface area contributed by atoms with Crippen molar-refractivity contribution in [1.82, 2.24) is 9.80 Å². The van der Waals surface area contributed by atoms with Crippen LogP contribution in [-0.2, 0) is 16.4 Å². The predicted molar refractivity (Wildman–Crippen MR) is 76.9 cm³/mol. The van der Waals surface area contributed by atoms with Gasteiger partial charge in [-0.1, -0.05) is 0 Å². The molecule has 0 aliphatic carbocycles. The molecule has 1 aliphatic heterocycles. The zero-order valence-corrected chi connectivity index (χ0v) is 12.9. The predicted octanol–water partition coefficient (Wildman–Crippen LogP) is 1.31. The van der Waals surface area contributed by atoms with Crippen LogP contribution in [0.2, 0.25) is 0 Å². The van der Waals surface area contributed by atoms with Gasteiger partial charge >= 0.3 is 5.51 Å². The summed E-state index contributed by atoms with van der Waals surface area (Å²) in [6, 6.07) is 3.40. The Hall–Kier alpha value is -1.32. The summed E-state index contributed by atoms with van der Waals surface area (Å²) < 4.78 is 60.9. The number of nitrogens with zero attached hydrogens (tertiary/aromatic N) is 2. The molecule has 2 rings (SSSR count). The van der Waals surface area contributed by atoms with Gasteiger partial charge in [-0.15, -0.1) is 0 Å². The van der Waals surface area contributed by atoms with Crippen molar-refractivity contribution in [1.29, 1.82) is 0 Å². The smallest absolute Gasteiger partial charge is 0.399 e. The van der Waals surface area contributed by atoms with Crippen molar-refractivity contribution < 1.29 is 21.6 Å². The molecule has 1 heterocycles. The van der Waals surface area contributed by atoms with Gasteiger partial charge in [0.15, 0.2) is 0 Å². The maximum Gasteiger partial charge on any atom is 0.501 e. The summed E-state index contributed by atoms with van der Waals surface area (Å²) in [5, 5.41) is 0. The van der Waals surface area contributed by atoms with Crippen molar-refractivity contribution >= 4 is 15.5 Å². The fourth-order valence-corrected chi connectivity index (χ4v) is 3.20. The highest BCUT2D eigenvalue weighted by molar-refractivity contribution is 7.92. The molecule has 1 fully saturated rings. The molecule has 1 aromatic rings. The fraction of sp³-hybridized carbons (Fsp3) is 0.538. The van der Waals surface area contributed by atoms with E-state index in [2.05, 4.69) is 9.80 Å². The molecule has 9 heteroatoms. The number of sulfone groups is 1. The minimum Gasteiger partial charge on any atom is -0.399 e. The van der Waals surface area contributed by atoms with Gasteiger partial charge < -0.3 is 10.6 Å². The van der Waals surface area contributed by atoms with Crippen molar-refractivity contribution in [2.24, 2.45) is 0 Å². The normalized spacial score (nSPS) is 18.5. The maximum absolute atomic E-state index is 12.6. The number of halogens is 3. The third-order valence-electron chi connectivity index (χ3n) is 3.61. The van der Waals surface area contributed by atoms with E-state index in [-0.39, 0.29) is 5.69 Å². The van der Waals surface area contributed by atoms with Crippen LogP contribution in [-0.4, -0.2) is 57.0 Å². The quantitative estimate of drug-likeness (QED) is 0.843. The Bertz CT molecular complexity index is 638. The second kappa shape index (κ2) is 6.05. The lowest BCUT2D eigenvalue weighted by Gasteiger charge is -2.32. The van der Waals surface area contributed by atoms with E-state index >= 15 is 0 Å². The van der Waals surface area contributed by atoms with Gasteiger partial charge in [-0.3, -0.25) is 4.90 Å². The highest BCUT2D eigenvalue weighted by Crippen LogP contribution is 2.32. The van der Waals surface area contributed by atoms with Crippen LogP contribution in [0.3, 0.4) is 0 Å². The lowest BCUT2D eigenvalue weighted by molar-refractivity contribution is -0.0436. The van der Waals surface area contributed by atoms with Crippen LogP contribution in [0.15, 0.2) is 23.1 Å². The van der Waals surface area contributed by atoms with Crippen LogP contribution in [0.1, 0.15) is 5.56 Å². The van der Waals surface area contributed by atoms with Crippen molar-refractivity contribution in [3.63, 3.8) is 0 Å². The van der Waals surface area contributed by atoms with Gasteiger partial charge in [0.1, 0.15) is 0 Å². The van der Waals surface area contributed by atoms with E-state index in [1.54, 1.807) is 0 Å². The molecule has 0 unspecified atom stereocenters. The zero-order chi connectivity index (χ0) is 16.5. The fourth-order valence-electron chi connectivity index (χ4n) is 2.33. The first kappa shape index (κ1) is 17.0. The second-order valence-corrected chi connectivity index (χ2v) is 7.38. The molecule has 0 atom stereocenters. The average molecular weight is 337 g/mol. The molecule has 0 bridgehead atoms. The first-order valence-corrected chi connectivity index (χ1v) is 8.19. The molecule has 124 valence electrons. The van der Waals surface area contributed by atoms with Crippen LogP contribution in [0.4, 0.5) is 18.9 Å². The minimum atomic E-state index is -5.38. The van der Waals surface area contributed by atoms with Gasteiger partial charge in [-0.05, 0) is 30.8 Å². The van der Waals surface area contributed by atoms with Gasteiger partial charge in [-0.2, -0.15) is 13.2 Å². The lowest BCUT2D eigenvalue weighted by atomic mass is 10.2. The Balaban J connectivity index is 2.24. The molecule has 5 nitrogen and oxygen atoms in total. The summed E-state index contributed by atoms with van der Waals surface area (Å²) in [6.07, 6.45) is 0. The number of nitrogen functional groups attached to an aromatic ring is 1. The summed E-state index contributed by atoms with van der Waals surface area (Å²) in [7, 11) is -3.39. The number of rotatable bonds is 3. The van der Waals surface area contributed by atoms with E-state index in [0.29, 0.717) is 12.1 Å². The molecule has 0 radical (unpaired) electrons. The number of anilines is 1. The Morgan fingerprint density at radius 3 is 2.27 bits per heavy atom. The number of hydrogen-bond acceptors (Lipinski definition) is 5. The molecule has 0 spiro atoms. The van der Waals surface area contributed by atoms with Crippen molar-refractivity contribution in [3.8, 4) is 0 Å². The largest absolute Gasteiger partial charge is 0.501 e. The van der Waals surface area contributed by atoms with Gasteiger partial charge in [0.2, 0.25) is 0 Å². The van der Waals surface area contributed by atoms with Crippen LogP contribution in [0, 0.1) is 0 Å². The zero-order valence-electron chi connectivity index (χ0n) is 12.1. The average Bonchev–Trinajstić information content (AvgIpc) is 2.39. The van der Waals surface area contributed by atoms with Crippen molar-refractivity contribution in [2.45, 2.75) is 16.9 Å². The Kier molecular flexibility index (Phi) is 4.69. The molecule has 1 saturated heterocycles. The van der Waals surface area contributed by atoms with Gasteiger partial charge in [0.05, 0.1) is 4.90 Å². The first-order valence-electron chi connectivity index (χ1n) is 6.71. The van der Waals surface area contributed by atoms with Crippen molar-refractivity contribution in [2.75, 3.05) is 39.0 Å². The van der Waals surface area contributed by atoms with E-state index in [1.165, 1.54) is 6.07 Å². The second-order valence-electron chi connectivity index (χ2n) is 5.44. The number of benzene rings is 1. The number of likely N-dealkylation sites (N-methyl/N-ethyl adjacent to an activating group) is 1. The molecule has 1 aromatic carbocycles. The Morgan fingerprint density at radius 2 is 1.73 bits per heavy atom. The SMILES string of the molecule is CN1CCN(Cc2cc(N)cc(S(=O)(=O)C(F)(F)F)c2)CC1. The van der Waals surface area contributed by atoms with Crippen LogP contribution >= 0.6 is 0 Å². The molecule has 0 saturated carbocycles. The van der Waals surface area contributed by atoms with Gasteiger partial charge in [0.25, 0.3) is 9.84 Å². The first-order chi connectivity index (χ1) is 10.1. The summed E-state index contributed by atoms with van der Waals surface area (Å²) in [6.45, 7) is 3.63. The van der Waals surface area contributed by atoms with E-state index in [1.807, 2.05) is 7.05 Å². The standard InChI is InChI=1S/C13H18F3N3O2S/c1-18-2-4-19(5-3-18)9-10-6-11(17)8-12(7-10)22(20,21)13(14,15)16/h6-8H,2-5,9,17H2,1H3. The van der Waals surface area contributed by atoms with Gasteiger partial charge in [0, 0.05) is 38.4 Å². The molecule has 22 heavy (non-hydrogen) atoms. The van der Waals surface area contributed by atoms with Crippen LogP contribution in [0.25, 0.3) is 0 Å². The van der Waals surface area contributed by atoms with E-state index in [9.17, 15) is 21.6 Å². The van der Waals surface area contributed by atoms with Crippen LogP contribution in [0.5, 0.6) is 0 Å². The van der Waals surface area contributed by atoms with Crippen LogP contribution < -0.4 is 5.73 Å². The lowest BCUT2D eigenvalue weighted by Crippen LogP contribution is -2.43. The van der Waals surface area contributed by atoms with Gasteiger partial charge in [-0.25, -0.2) is 8.42 Å². The monoisotopic (exact) mass is 337 g/mol. The molecule has 0 amide bonds. The highest BCUT2D eigenvalue weighted by atomic mass is 32.2. The van der Waals surface area contributed by atoms with E-state index in [0.717, 1.165) is 38.3 Å². The number of piperazine rings is 1. The molecule has 0 aromatic heterocycles. The minimum absolute atomic E-state index is 0.00875. The molecular formula is C13H18F3N3O2S. The summed E-state index contributed by atoms with van der Waals surface area (Å²) in [5.41, 5.74) is 0.714. The number of hydrogen-bond donors (Lipinski definition) is 1. The number of nitrogens with two attached hydrogens (primary N) is 1. The summed E-state index contributed by atoms with van der Waals surface area (Å²) in [4.78, 5) is 3.40. The Morgan fingerprint density at radius 1 is 1.14 bits per heavy atom. The number of alkyl halides is 3. The summed E-state index contributed by atoms with van der Waals surface area (Å²) in [5.74, 6) is 0. The third kappa shape index (κ3) is 3.71. The Labute approximate surface area is 127 Å². The van der Waals surface area contributed by atoms with E-state index in [4.69, 9.17) is 5.73 Å². The molecule has 1 aliphatic rings.